The summed E-state index contributed by atoms with van der Waals surface area (Å²) in [5.41, 5.74) is 2.99. The number of ether oxygens (including phenoxy) is 1. The minimum atomic E-state index is -3.85. The topological polar surface area (TPSA) is 85.5 Å². The van der Waals surface area contributed by atoms with Gasteiger partial charge < -0.3 is 9.15 Å². The molecular weight excluding hydrogens is 414 g/mol. The molecule has 0 fully saturated rings. The summed E-state index contributed by atoms with van der Waals surface area (Å²) >= 11 is 0. The van der Waals surface area contributed by atoms with Gasteiger partial charge >= 0.3 is 0 Å². The van der Waals surface area contributed by atoms with Crippen molar-refractivity contribution in [2.24, 2.45) is 0 Å². The third kappa shape index (κ3) is 3.34. The number of nitrogens with zero attached hydrogens (tertiary/aromatic N) is 3. The van der Waals surface area contributed by atoms with E-state index in [2.05, 4.69) is 10.2 Å². The summed E-state index contributed by atoms with van der Waals surface area (Å²) < 4.78 is 39.7. The molecule has 1 aromatic heterocycles. The SMILES string of the molecule is COc1ccc(-c2nnc(-c3ccccc3)o2)cc1S(=O)(=O)N1CCc2ccccc21. The fourth-order valence-electron chi connectivity index (χ4n) is 3.72. The summed E-state index contributed by atoms with van der Waals surface area (Å²) in [6, 6.07) is 21.8. The van der Waals surface area contributed by atoms with Crippen molar-refractivity contribution in [1.29, 1.82) is 0 Å². The summed E-state index contributed by atoms with van der Waals surface area (Å²) in [5, 5.41) is 8.21. The highest BCUT2D eigenvalue weighted by atomic mass is 32.2. The lowest BCUT2D eigenvalue weighted by Gasteiger charge is -2.21. The number of benzene rings is 3. The molecule has 5 rings (SSSR count). The van der Waals surface area contributed by atoms with Crippen molar-refractivity contribution in [3.05, 3.63) is 78.4 Å². The number of aromatic nitrogens is 2. The van der Waals surface area contributed by atoms with E-state index in [0.29, 0.717) is 30.1 Å². The highest BCUT2D eigenvalue weighted by Gasteiger charge is 2.33. The molecule has 0 aliphatic carbocycles. The first kappa shape index (κ1) is 19.3. The molecule has 4 aromatic rings. The Morgan fingerprint density at radius 3 is 2.39 bits per heavy atom. The van der Waals surface area contributed by atoms with E-state index < -0.39 is 10.0 Å². The highest BCUT2D eigenvalue weighted by molar-refractivity contribution is 7.93. The Morgan fingerprint density at radius 1 is 0.903 bits per heavy atom. The maximum absolute atomic E-state index is 13.6. The van der Waals surface area contributed by atoms with E-state index in [4.69, 9.17) is 9.15 Å². The monoisotopic (exact) mass is 433 g/mol. The summed E-state index contributed by atoms with van der Waals surface area (Å²) in [7, 11) is -2.40. The largest absolute Gasteiger partial charge is 0.495 e. The van der Waals surface area contributed by atoms with Gasteiger partial charge in [0.2, 0.25) is 11.8 Å². The molecular formula is C23H19N3O4S. The Balaban J connectivity index is 1.56. The summed E-state index contributed by atoms with van der Waals surface area (Å²) in [4.78, 5) is 0.0589. The van der Waals surface area contributed by atoms with Gasteiger partial charge in [-0.05, 0) is 48.4 Å². The van der Waals surface area contributed by atoms with Crippen molar-refractivity contribution in [1.82, 2.24) is 10.2 Å². The van der Waals surface area contributed by atoms with Crippen molar-refractivity contribution in [3.8, 4) is 28.7 Å². The molecule has 0 bridgehead atoms. The molecule has 2 heterocycles. The molecule has 0 radical (unpaired) electrons. The fraction of sp³-hybridized carbons (Fsp3) is 0.130. The molecule has 0 saturated heterocycles. The van der Waals surface area contributed by atoms with Crippen LogP contribution in [0.2, 0.25) is 0 Å². The molecule has 31 heavy (non-hydrogen) atoms. The third-order valence-corrected chi connectivity index (χ3v) is 7.10. The Labute approximate surface area is 180 Å². The Hall–Kier alpha value is -3.65. The van der Waals surface area contributed by atoms with Gasteiger partial charge in [0.15, 0.2) is 0 Å². The number of rotatable bonds is 5. The van der Waals surface area contributed by atoms with Crippen molar-refractivity contribution < 1.29 is 17.6 Å². The smallest absolute Gasteiger partial charge is 0.268 e. The van der Waals surface area contributed by atoms with Crippen molar-refractivity contribution in [3.63, 3.8) is 0 Å². The molecule has 1 aliphatic rings. The van der Waals surface area contributed by atoms with Gasteiger partial charge in [-0.3, -0.25) is 4.31 Å². The number of sulfonamides is 1. The number of methoxy groups -OCH3 is 1. The highest BCUT2D eigenvalue weighted by Crippen LogP contribution is 2.37. The third-order valence-electron chi connectivity index (χ3n) is 5.27. The van der Waals surface area contributed by atoms with E-state index in [1.54, 1.807) is 12.1 Å². The average molecular weight is 433 g/mol. The first-order valence-corrected chi connectivity index (χ1v) is 11.2. The van der Waals surface area contributed by atoms with Crippen molar-refractivity contribution in [2.75, 3.05) is 18.0 Å². The maximum Gasteiger partial charge on any atom is 0.268 e. The van der Waals surface area contributed by atoms with Crippen LogP contribution < -0.4 is 9.04 Å². The molecule has 0 amide bonds. The fourth-order valence-corrected chi connectivity index (χ4v) is 5.41. The van der Waals surface area contributed by atoms with Gasteiger partial charge in [0.1, 0.15) is 10.6 Å². The van der Waals surface area contributed by atoms with Crippen LogP contribution >= 0.6 is 0 Å². The number of hydrogen-bond acceptors (Lipinski definition) is 6. The maximum atomic E-state index is 13.6. The summed E-state index contributed by atoms with van der Waals surface area (Å²) in [6.07, 6.45) is 0.668. The zero-order valence-corrected chi connectivity index (χ0v) is 17.5. The van der Waals surface area contributed by atoms with E-state index >= 15 is 0 Å². The van der Waals surface area contributed by atoms with Crippen LogP contribution in [0.1, 0.15) is 5.56 Å². The van der Waals surface area contributed by atoms with Gasteiger partial charge in [-0.2, -0.15) is 0 Å². The van der Waals surface area contributed by atoms with Crippen LogP contribution in [-0.4, -0.2) is 32.3 Å². The minimum absolute atomic E-state index is 0.0589. The van der Waals surface area contributed by atoms with Gasteiger partial charge in [-0.1, -0.05) is 36.4 Å². The molecule has 0 spiro atoms. The first-order chi connectivity index (χ1) is 15.1. The summed E-state index contributed by atoms with van der Waals surface area (Å²) in [6.45, 7) is 0.383. The second-order valence-electron chi connectivity index (χ2n) is 7.10. The second kappa shape index (κ2) is 7.55. The normalized spacial score (nSPS) is 13.3. The van der Waals surface area contributed by atoms with Crippen LogP contribution in [0.4, 0.5) is 5.69 Å². The predicted molar refractivity (Wildman–Crippen MR) is 116 cm³/mol. The van der Waals surface area contributed by atoms with E-state index in [-0.39, 0.29) is 16.5 Å². The van der Waals surface area contributed by atoms with Gasteiger partial charge in [0.05, 0.1) is 12.8 Å². The molecule has 0 saturated carbocycles. The molecule has 0 N–H and O–H groups in total. The average Bonchev–Trinajstić information content (AvgIpc) is 3.47. The van der Waals surface area contributed by atoms with Crippen LogP contribution in [0.3, 0.4) is 0 Å². The van der Waals surface area contributed by atoms with Gasteiger partial charge in [-0.25, -0.2) is 8.42 Å². The minimum Gasteiger partial charge on any atom is -0.495 e. The molecule has 7 nitrogen and oxygen atoms in total. The standard InChI is InChI=1S/C23H19N3O4S/c1-29-20-12-11-18(23-25-24-22(30-23)17-8-3-2-4-9-17)15-21(20)31(27,28)26-14-13-16-7-5-6-10-19(16)26/h2-12,15H,13-14H2,1H3. The lowest BCUT2D eigenvalue weighted by Crippen LogP contribution is -2.29. The zero-order chi connectivity index (χ0) is 21.4. The predicted octanol–water partition coefficient (Wildman–Crippen LogP) is 4.16. The lowest BCUT2D eigenvalue weighted by atomic mass is 10.2. The first-order valence-electron chi connectivity index (χ1n) is 9.76. The van der Waals surface area contributed by atoms with E-state index in [9.17, 15) is 8.42 Å². The van der Waals surface area contributed by atoms with E-state index in [0.717, 1.165) is 11.1 Å². The zero-order valence-electron chi connectivity index (χ0n) is 16.7. The molecule has 3 aromatic carbocycles. The number of fused-ring (bicyclic) bond motifs is 1. The van der Waals surface area contributed by atoms with Gasteiger partial charge in [-0.15, -0.1) is 10.2 Å². The molecule has 8 heteroatoms. The summed E-state index contributed by atoms with van der Waals surface area (Å²) in [5.74, 6) is 0.861. The number of anilines is 1. The quantitative estimate of drug-likeness (QED) is 0.470. The Bertz CT molecular complexity index is 1350. The van der Waals surface area contributed by atoms with Crippen LogP contribution in [0.15, 0.2) is 82.1 Å². The van der Waals surface area contributed by atoms with Gasteiger partial charge in [0, 0.05) is 17.7 Å². The molecule has 156 valence electrons. The van der Waals surface area contributed by atoms with Crippen LogP contribution in [0.25, 0.3) is 22.9 Å². The number of hydrogen-bond donors (Lipinski definition) is 0. The van der Waals surface area contributed by atoms with Crippen molar-refractivity contribution >= 4 is 15.7 Å². The lowest BCUT2D eigenvalue weighted by molar-refractivity contribution is 0.402. The molecule has 0 atom stereocenters. The van der Waals surface area contributed by atoms with Gasteiger partial charge in [0.25, 0.3) is 10.0 Å². The van der Waals surface area contributed by atoms with Crippen LogP contribution in [0.5, 0.6) is 5.75 Å². The Morgan fingerprint density at radius 2 is 1.61 bits per heavy atom. The van der Waals surface area contributed by atoms with Crippen LogP contribution in [-0.2, 0) is 16.4 Å². The Kier molecular flexibility index (Phi) is 4.71. The van der Waals surface area contributed by atoms with Crippen molar-refractivity contribution in [2.45, 2.75) is 11.3 Å². The van der Waals surface area contributed by atoms with E-state index in [1.807, 2.05) is 54.6 Å². The molecule has 1 aliphatic heterocycles. The van der Waals surface area contributed by atoms with E-state index in [1.165, 1.54) is 17.5 Å². The molecule has 0 unspecified atom stereocenters. The second-order valence-corrected chi connectivity index (χ2v) is 8.93. The van der Waals surface area contributed by atoms with Crippen LogP contribution in [0, 0.1) is 0 Å². The number of para-hydroxylation sites is 1.